The summed E-state index contributed by atoms with van der Waals surface area (Å²) in [4.78, 5) is 48.5. The molecule has 3 rings (SSSR count). The fourth-order valence-corrected chi connectivity index (χ4v) is 3.46. The number of nitrogens with zero attached hydrogens (tertiary/aromatic N) is 1. The lowest BCUT2D eigenvalue weighted by Gasteiger charge is -2.24. The van der Waals surface area contributed by atoms with Crippen LogP contribution in [0.15, 0.2) is 18.2 Å². The van der Waals surface area contributed by atoms with Crippen molar-refractivity contribution in [2.24, 2.45) is 5.73 Å². The van der Waals surface area contributed by atoms with Crippen molar-refractivity contribution >= 4 is 29.7 Å². The molecule has 1 aromatic rings. The molecular formula is C18H22N4O4. The summed E-state index contributed by atoms with van der Waals surface area (Å²) in [5, 5.41) is 6.67. The predicted octanol–water partition coefficient (Wildman–Crippen LogP) is 0.279. The van der Waals surface area contributed by atoms with Crippen molar-refractivity contribution in [1.82, 2.24) is 10.2 Å². The number of benzene rings is 1. The summed E-state index contributed by atoms with van der Waals surface area (Å²) in [7, 11) is 0. The maximum Gasteiger partial charge on any atom is 0.262 e. The van der Waals surface area contributed by atoms with E-state index in [0.29, 0.717) is 12.3 Å². The number of anilines is 1. The van der Waals surface area contributed by atoms with Crippen LogP contribution in [-0.2, 0) is 9.59 Å². The zero-order chi connectivity index (χ0) is 18.7. The third kappa shape index (κ3) is 3.45. The summed E-state index contributed by atoms with van der Waals surface area (Å²) < 4.78 is 0. The van der Waals surface area contributed by atoms with Crippen molar-refractivity contribution < 1.29 is 19.2 Å². The highest BCUT2D eigenvalue weighted by atomic mass is 16.2. The quantitative estimate of drug-likeness (QED) is 0.475. The molecule has 8 nitrogen and oxygen atoms in total. The standard InChI is InChI=1S/C18H22N4O4/c19-16(24)15(2-1-9-23)22-17(25)13-4-3-12(10-14(13)18(22)26)21-11-5-7-20-8-6-11/h3-4,9-11,15,20-21H,1-2,5-8H2,(H2,19,24). The van der Waals surface area contributed by atoms with Crippen LogP contribution in [0, 0.1) is 0 Å². The van der Waals surface area contributed by atoms with Crippen LogP contribution < -0.4 is 16.4 Å². The monoisotopic (exact) mass is 358 g/mol. The Hall–Kier alpha value is -2.74. The van der Waals surface area contributed by atoms with Crippen molar-refractivity contribution in [3.63, 3.8) is 0 Å². The number of amides is 3. The molecule has 138 valence electrons. The maximum atomic E-state index is 12.7. The van der Waals surface area contributed by atoms with Gasteiger partial charge in [0.25, 0.3) is 11.8 Å². The molecule has 0 bridgehead atoms. The summed E-state index contributed by atoms with van der Waals surface area (Å²) in [6, 6.07) is 4.20. The van der Waals surface area contributed by atoms with Crippen LogP contribution in [-0.4, -0.2) is 54.1 Å². The zero-order valence-corrected chi connectivity index (χ0v) is 14.4. The Labute approximate surface area is 151 Å². The molecule has 3 amide bonds. The van der Waals surface area contributed by atoms with Crippen LogP contribution in [0.2, 0.25) is 0 Å². The summed E-state index contributed by atoms with van der Waals surface area (Å²) in [5.41, 5.74) is 6.63. The van der Waals surface area contributed by atoms with E-state index in [1.165, 1.54) is 0 Å². The van der Waals surface area contributed by atoms with Crippen molar-refractivity contribution in [3.05, 3.63) is 29.3 Å². The number of aldehydes is 1. The molecule has 0 aromatic heterocycles. The van der Waals surface area contributed by atoms with E-state index in [4.69, 9.17) is 5.73 Å². The summed E-state index contributed by atoms with van der Waals surface area (Å²) in [6.45, 7) is 1.87. The van der Waals surface area contributed by atoms with Gasteiger partial charge in [0.2, 0.25) is 5.91 Å². The molecule has 0 aliphatic carbocycles. The Morgan fingerprint density at radius 1 is 1.27 bits per heavy atom. The van der Waals surface area contributed by atoms with Gasteiger partial charge in [0, 0.05) is 18.2 Å². The predicted molar refractivity (Wildman–Crippen MR) is 94.7 cm³/mol. The third-order valence-electron chi connectivity index (χ3n) is 4.83. The molecular weight excluding hydrogens is 336 g/mol. The van der Waals surface area contributed by atoms with Gasteiger partial charge in [0.1, 0.15) is 12.3 Å². The first-order valence-electron chi connectivity index (χ1n) is 8.75. The van der Waals surface area contributed by atoms with Gasteiger partial charge in [-0.15, -0.1) is 0 Å². The second kappa shape index (κ2) is 7.65. The van der Waals surface area contributed by atoms with Crippen LogP contribution in [0.4, 0.5) is 5.69 Å². The summed E-state index contributed by atoms with van der Waals surface area (Å²) >= 11 is 0. The van der Waals surface area contributed by atoms with Crippen molar-refractivity contribution in [2.45, 2.75) is 37.8 Å². The van der Waals surface area contributed by atoms with Gasteiger partial charge in [0.05, 0.1) is 11.1 Å². The highest BCUT2D eigenvalue weighted by Gasteiger charge is 2.42. The topological polar surface area (TPSA) is 122 Å². The minimum absolute atomic E-state index is 0.0322. The van der Waals surface area contributed by atoms with Gasteiger partial charge < -0.3 is 21.2 Å². The first kappa shape index (κ1) is 18.1. The maximum absolute atomic E-state index is 12.7. The normalized spacial score (nSPS) is 18.5. The molecule has 26 heavy (non-hydrogen) atoms. The summed E-state index contributed by atoms with van der Waals surface area (Å²) in [5.74, 6) is -1.89. The molecule has 4 N–H and O–H groups in total. The lowest BCUT2D eigenvalue weighted by Crippen LogP contribution is -2.47. The van der Waals surface area contributed by atoms with Gasteiger partial charge in [0.15, 0.2) is 0 Å². The number of carbonyl (C=O) groups excluding carboxylic acids is 4. The van der Waals surface area contributed by atoms with E-state index in [9.17, 15) is 19.2 Å². The zero-order valence-electron chi connectivity index (χ0n) is 14.4. The van der Waals surface area contributed by atoms with Crippen LogP contribution in [0.5, 0.6) is 0 Å². The number of hydrogen-bond donors (Lipinski definition) is 3. The van der Waals surface area contributed by atoms with E-state index in [1.807, 2.05) is 0 Å². The molecule has 1 atom stereocenters. The van der Waals surface area contributed by atoms with Crippen molar-refractivity contribution in [2.75, 3.05) is 18.4 Å². The number of carbonyl (C=O) groups is 4. The van der Waals surface area contributed by atoms with Crippen LogP contribution >= 0.6 is 0 Å². The Bertz CT molecular complexity index is 743. The van der Waals surface area contributed by atoms with Gasteiger partial charge in [-0.3, -0.25) is 19.3 Å². The molecule has 1 unspecified atom stereocenters. The summed E-state index contributed by atoms with van der Waals surface area (Å²) in [6.07, 6.45) is 2.67. The van der Waals surface area contributed by atoms with Crippen molar-refractivity contribution in [3.8, 4) is 0 Å². The van der Waals surface area contributed by atoms with Gasteiger partial charge in [-0.1, -0.05) is 0 Å². The molecule has 0 radical (unpaired) electrons. The Morgan fingerprint density at radius 2 is 1.96 bits per heavy atom. The van der Waals surface area contributed by atoms with E-state index in [2.05, 4.69) is 10.6 Å². The molecule has 2 aliphatic rings. The van der Waals surface area contributed by atoms with Crippen LogP contribution in [0.1, 0.15) is 46.4 Å². The first-order valence-corrected chi connectivity index (χ1v) is 8.75. The fourth-order valence-electron chi connectivity index (χ4n) is 3.46. The number of nitrogens with two attached hydrogens (primary N) is 1. The first-order chi connectivity index (χ1) is 12.5. The SMILES string of the molecule is NC(=O)C(CCC=O)N1C(=O)c2ccc(NC3CCNCC3)cc2C1=O. The van der Waals surface area contributed by atoms with Gasteiger partial charge in [-0.25, -0.2) is 0 Å². The number of primary amides is 1. The van der Waals surface area contributed by atoms with Crippen molar-refractivity contribution in [1.29, 1.82) is 0 Å². The van der Waals surface area contributed by atoms with Gasteiger partial charge in [-0.2, -0.15) is 0 Å². The number of fused-ring (bicyclic) bond motifs is 1. The number of imide groups is 1. The number of rotatable bonds is 7. The van der Waals surface area contributed by atoms with E-state index in [0.717, 1.165) is 36.5 Å². The average molecular weight is 358 g/mol. The van der Waals surface area contributed by atoms with E-state index < -0.39 is 23.8 Å². The smallest absolute Gasteiger partial charge is 0.262 e. The molecule has 0 saturated carbocycles. The highest BCUT2D eigenvalue weighted by Crippen LogP contribution is 2.29. The molecule has 2 heterocycles. The molecule has 1 fully saturated rings. The number of nitrogens with one attached hydrogen (secondary N) is 2. The van der Waals surface area contributed by atoms with E-state index in [-0.39, 0.29) is 24.0 Å². The second-order valence-corrected chi connectivity index (χ2v) is 6.57. The fraction of sp³-hybridized carbons (Fsp3) is 0.444. The molecule has 2 aliphatic heterocycles. The molecule has 1 saturated heterocycles. The van der Waals surface area contributed by atoms with E-state index in [1.54, 1.807) is 18.2 Å². The Balaban J connectivity index is 1.82. The van der Waals surface area contributed by atoms with E-state index >= 15 is 0 Å². The average Bonchev–Trinajstić information content (AvgIpc) is 2.87. The minimum Gasteiger partial charge on any atom is -0.382 e. The number of hydrogen-bond acceptors (Lipinski definition) is 6. The highest BCUT2D eigenvalue weighted by molar-refractivity contribution is 6.23. The Kier molecular flexibility index (Phi) is 5.32. The molecule has 0 spiro atoms. The lowest BCUT2D eigenvalue weighted by atomic mass is 10.0. The van der Waals surface area contributed by atoms with Gasteiger partial charge >= 0.3 is 0 Å². The van der Waals surface area contributed by atoms with Crippen LogP contribution in [0.25, 0.3) is 0 Å². The van der Waals surface area contributed by atoms with Crippen LogP contribution in [0.3, 0.4) is 0 Å². The third-order valence-corrected chi connectivity index (χ3v) is 4.83. The minimum atomic E-state index is -1.12. The van der Waals surface area contributed by atoms with Gasteiger partial charge in [-0.05, 0) is 50.6 Å². The Morgan fingerprint density at radius 3 is 2.62 bits per heavy atom. The molecule has 8 heteroatoms. The lowest BCUT2D eigenvalue weighted by molar-refractivity contribution is -0.122. The molecule has 1 aromatic carbocycles. The second-order valence-electron chi connectivity index (χ2n) is 6.57. The number of piperidine rings is 1. The largest absolute Gasteiger partial charge is 0.382 e.